The predicted molar refractivity (Wildman–Crippen MR) is 80.2 cm³/mol. The van der Waals surface area contributed by atoms with Crippen LogP contribution in [-0.4, -0.2) is 22.0 Å². The monoisotopic (exact) mass is 294 g/mol. The van der Waals surface area contributed by atoms with Gasteiger partial charge in [-0.05, 0) is 39.3 Å². The molecule has 1 atom stereocenters. The fraction of sp³-hybridized carbons (Fsp3) is 0.533. The maximum Gasteiger partial charge on any atom is 0.329 e. The summed E-state index contributed by atoms with van der Waals surface area (Å²) in [5.41, 5.74) is -0.902. The van der Waals surface area contributed by atoms with Crippen molar-refractivity contribution < 1.29 is 14.3 Å². The Kier molecular flexibility index (Phi) is 5.29. The molecule has 1 aromatic heterocycles. The highest BCUT2D eigenvalue weighted by atomic mass is 16.6. The summed E-state index contributed by atoms with van der Waals surface area (Å²) >= 11 is 0. The molecule has 1 amide bonds. The Labute approximate surface area is 124 Å². The average molecular weight is 294 g/mol. The van der Waals surface area contributed by atoms with E-state index in [1.807, 2.05) is 0 Å². The van der Waals surface area contributed by atoms with Gasteiger partial charge in [0, 0.05) is 13.1 Å². The quantitative estimate of drug-likeness (QED) is 0.863. The number of nitrogens with zero attached hydrogens (tertiary/aromatic N) is 1. The third kappa shape index (κ3) is 4.73. The van der Waals surface area contributed by atoms with Crippen molar-refractivity contribution in [3.05, 3.63) is 28.7 Å². The molecule has 1 heterocycles. The summed E-state index contributed by atoms with van der Waals surface area (Å²) < 4.78 is 6.63. The predicted octanol–water partition coefficient (Wildman–Crippen LogP) is 2.10. The molecule has 0 radical (unpaired) electrons. The lowest BCUT2D eigenvalue weighted by molar-refractivity contribution is -0.159. The number of aromatic nitrogens is 1. The number of nitrogens with one attached hydrogen (secondary N) is 1. The minimum absolute atomic E-state index is 0.145. The molecule has 0 aromatic carbocycles. The van der Waals surface area contributed by atoms with E-state index in [0.29, 0.717) is 6.42 Å². The van der Waals surface area contributed by atoms with Crippen LogP contribution in [0.3, 0.4) is 0 Å². The van der Waals surface area contributed by atoms with Gasteiger partial charge in [0.05, 0.1) is 0 Å². The first-order valence-electron chi connectivity index (χ1n) is 6.87. The molecular weight excluding hydrogens is 272 g/mol. The minimum atomic E-state index is -0.717. The molecule has 0 saturated carbocycles. The van der Waals surface area contributed by atoms with Crippen molar-refractivity contribution in [3.63, 3.8) is 0 Å². The Morgan fingerprint density at radius 2 is 2.00 bits per heavy atom. The molecule has 1 N–H and O–H groups in total. The first-order chi connectivity index (χ1) is 9.65. The van der Waals surface area contributed by atoms with Crippen LogP contribution in [0.5, 0.6) is 0 Å². The molecule has 1 rings (SSSR count). The van der Waals surface area contributed by atoms with Crippen molar-refractivity contribution in [2.45, 2.75) is 52.7 Å². The highest BCUT2D eigenvalue weighted by Crippen LogP contribution is 2.17. The van der Waals surface area contributed by atoms with Gasteiger partial charge < -0.3 is 10.1 Å². The fourth-order valence-electron chi connectivity index (χ4n) is 1.89. The summed E-state index contributed by atoms with van der Waals surface area (Å²) in [6.07, 6.45) is 1.93. The molecule has 0 spiro atoms. The average Bonchev–Trinajstić information content (AvgIpc) is 2.31. The minimum Gasteiger partial charge on any atom is -0.458 e. The first-order valence-corrected chi connectivity index (χ1v) is 6.87. The number of anilines is 1. The van der Waals surface area contributed by atoms with Crippen LogP contribution in [0.25, 0.3) is 0 Å². The zero-order valence-electron chi connectivity index (χ0n) is 13.1. The summed E-state index contributed by atoms with van der Waals surface area (Å²) in [5, 5.41) is 2.46. The smallest absolute Gasteiger partial charge is 0.329 e. The van der Waals surface area contributed by atoms with E-state index in [4.69, 9.17) is 4.74 Å². The lowest BCUT2D eigenvalue weighted by atomic mass is 10.1. The van der Waals surface area contributed by atoms with Crippen LogP contribution in [0.2, 0.25) is 0 Å². The number of ether oxygens (including phenoxy) is 1. The second-order valence-electron chi connectivity index (χ2n) is 5.77. The Hall–Kier alpha value is -2.11. The van der Waals surface area contributed by atoms with Crippen molar-refractivity contribution in [3.8, 4) is 0 Å². The van der Waals surface area contributed by atoms with Gasteiger partial charge in [0.1, 0.15) is 17.3 Å². The van der Waals surface area contributed by atoms with Gasteiger partial charge in [0.25, 0.3) is 5.56 Å². The van der Waals surface area contributed by atoms with Crippen LogP contribution in [0, 0.1) is 0 Å². The van der Waals surface area contributed by atoms with Crippen molar-refractivity contribution in [2.24, 2.45) is 0 Å². The van der Waals surface area contributed by atoms with Gasteiger partial charge in [-0.15, -0.1) is 0 Å². The topological polar surface area (TPSA) is 77.4 Å². The first kappa shape index (κ1) is 16.9. The van der Waals surface area contributed by atoms with Crippen LogP contribution < -0.4 is 10.9 Å². The van der Waals surface area contributed by atoms with Gasteiger partial charge in [-0.25, -0.2) is 4.79 Å². The molecule has 0 aliphatic rings. The molecule has 0 unspecified atom stereocenters. The summed E-state index contributed by atoms with van der Waals surface area (Å²) in [6.45, 7) is 8.43. The molecule has 0 aliphatic heterocycles. The van der Waals surface area contributed by atoms with Crippen LogP contribution in [0.4, 0.5) is 5.69 Å². The van der Waals surface area contributed by atoms with Gasteiger partial charge in [0.15, 0.2) is 0 Å². The van der Waals surface area contributed by atoms with E-state index in [-0.39, 0.29) is 11.6 Å². The van der Waals surface area contributed by atoms with Crippen LogP contribution >= 0.6 is 0 Å². The lowest BCUT2D eigenvalue weighted by Crippen LogP contribution is -2.35. The number of amides is 1. The van der Waals surface area contributed by atoms with E-state index < -0.39 is 23.2 Å². The molecule has 1 aromatic rings. The van der Waals surface area contributed by atoms with Crippen LogP contribution in [-0.2, 0) is 14.3 Å². The zero-order valence-corrected chi connectivity index (χ0v) is 13.1. The molecule has 6 heteroatoms. The summed E-state index contributed by atoms with van der Waals surface area (Å²) in [4.78, 5) is 35.6. The molecule has 0 saturated heterocycles. The van der Waals surface area contributed by atoms with Gasteiger partial charge in [0.2, 0.25) is 5.91 Å². The van der Waals surface area contributed by atoms with Crippen molar-refractivity contribution in [1.82, 2.24) is 4.57 Å². The zero-order chi connectivity index (χ0) is 16.2. The van der Waals surface area contributed by atoms with Gasteiger partial charge in [-0.2, -0.15) is 0 Å². The second kappa shape index (κ2) is 6.56. The highest BCUT2D eigenvalue weighted by molar-refractivity contribution is 5.88. The van der Waals surface area contributed by atoms with Crippen LogP contribution in [0.15, 0.2) is 23.1 Å². The summed E-state index contributed by atoms with van der Waals surface area (Å²) in [5.74, 6) is -0.803. The van der Waals surface area contributed by atoms with E-state index in [1.165, 1.54) is 23.8 Å². The maximum atomic E-state index is 12.3. The fourth-order valence-corrected chi connectivity index (χ4v) is 1.89. The molecule has 0 bridgehead atoms. The molecule has 0 fully saturated rings. The number of esters is 1. The van der Waals surface area contributed by atoms with E-state index in [2.05, 4.69) is 5.32 Å². The van der Waals surface area contributed by atoms with Crippen LogP contribution in [0.1, 0.15) is 47.1 Å². The third-order valence-electron chi connectivity index (χ3n) is 2.69. The normalized spacial score (nSPS) is 12.6. The largest absolute Gasteiger partial charge is 0.458 e. The molecular formula is C15H22N2O4. The number of rotatable bonds is 4. The van der Waals surface area contributed by atoms with Gasteiger partial charge >= 0.3 is 5.97 Å². The van der Waals surface area contributed by atoms with Crippen molar-refractivity contribution in [1.29, 1.82) is 0 Å². The number of carbonyl (C=O) groups excluding carboxylic acids is 2. The molecule has 6 nitrogen and oxygen atoms in total. The Bertz CT molecular complexity index is 584. The molecule has 21 heavy (non-hydrogen) atoms. The standard InChI is InChI=1S/C15H22N2O4/c1-6-12(14(20)21-15(3,4)5)17-9-7-8-11(13(17)19)16-10(2)18/h7-9,12H,6H2,1-5H3,(H,16,18)/t12-/m0/s1. The molecule has 116 valence electrons. The third-order valence-corrected chi connectivity index (χ3v) is 2.69. The van der Waals surface area contributed by atoms with E-state index in [9.17, 15) is 14.4 Å². The number of hydrogen-bond donors (Lipinski definition) is 1. The van der Waals surface area contributed by atoms with E-state index in [0.717, 1.165) is 0 Å². The Morgan fingerprint density at radius 3 is 2.48 bits per heavy atom. The SMILES string of the molecule is CC[C@@H](C(=O)OC(C)(C)C)n1cccc(NC(C)=O)c1=O. The van der Waals surface area contributed by atoms with E-state index >= 15 is 0 Å². The highest BCUT2D eigenvalue weighted by Gasteiger charge is 2.26. The Balaban J connectivity index is 3.15. The van der Waals surface area contributed by atoms with Gasteiger partial charge in [-0.3, -0.25) is 14.2 Å². The number of carbonyl (C=O) groups is 2. The summed E-state index contributed by atoms with van der Waals surface area (Å²) in [6, 6.07) is 2.40. The number of pyridine rings is 1. The van der Waals surface area contributed by atoms with E-state index in [1.54, 1.807) is 33.8 Å². The number of hydrogen-bond acceptors (Lipinski definition) is 4. The van der Waals surface area contributed by atoms with Gasteiger partial charge in [-0.1, -0.05) is 6.92 Å². The maximum absolute atomic E-state index is 12.3. The molecule has 0 aliphatic carbocycles. The Morgan fingerprint density at radius 1 is 1.38 bits per heavy atom. The second-order valence-corrected chi connectivity index (χ2v) is 5.77. The van der Waals surface area contributed by atoms with Crippen molar-refractivity contribution in [2.75, 3.05) is 5.32 Å². The summed E-state index contributed by atoms with van der Waals surface area (Å²) in [7, 11) is 0. The van der Waals surface area contributed by atoms with Crippen molar-refractivity contribution >= 4 is 17.6 Å². The lowest BCUT2D eigenvalue weighted by Gasteiger charge is -2.24.